The second-order valence-corrected chi connectivity index (χ2v) is 10.2. The van der Waals surface area contributed by atoms with Gasteiger partial charge in [0.1, 0.15) is 5.60 Å². The van der Waals surface area contributed by atoms with E-state index in [2.05, 4.69) is 6.92 Å². The van der Waals surface area contributed by atoms with E-state index in [1.165, 1.54) is 96.3 Å². The van der Waals surface area contributed by atoms with Gasteiger partial charge in [0.2, 0.25) is 0 Å². The van der Waals surface area contributed by atoms with Gasteiger partial charge in [-0.1, -0.05) is 110 Å². The molecule has 5 heteroatoms. The van der Waals surface area contributed by atoms with Crippen LogP contribution in [0.4, 0.5) is 0 Å². The fraction of sp³-hybridized carbons (Fsp3) is 1.00. The molecule has 0 aliphatic carbocycles. The summed E-state index contributed by atoms with van der Waals surface area (Å²) in [6.45, 7) is 2.29. The van der Waals surface area contributed by atoms with Crippen molar-refractivity contribution < 1.29 is 14.2 Å². The summed E-state index contributed by atoms with van der Waals surface area (Å²) < 4.78 is 17.8. The molecular formula is C26H57NO3Si. The second kappa shape index (κ2) is 19.5. The van der Waals surface area contributed by atoms with Gasteiger partial charge < -0.3 is 14.2 Å². The monoisotopic (exact) mass is 459 g/mol. The Bertz CT molecular complexity index is 385. The van der Waals surface area contributed by atoms with Gasteiger partial charge in [-0.15, -0.1) is 0 Å². The third-order valence-corrected chi connectivity index (χ3v) is 8.26. The molecule has 1 atom stereocenters. The summed E-state index contributed by atoms with van der Waals surface area (Å²) in [6.07, 6.45) is 23.2. The lowest BCUT2D eigenvalue weighted by atomic mass is 9.91. The van der Waals surface area contributed by atoms with Crippen LogP contribution < -0.4 is 0 Å². The van der Waals surface area contributed by atoms with Gasteiger partial charge in [0.25, 0.3) is 5.91 Å². The normalized spacial score (nSPS) is 14.4. The number of likely N-dealkylation sites (N-methyl/N-ethyl adjacent to an activating group) is 1. The van der Waals surface area contributed by atoms with Crippen molar-refractivity contribution in [3.05, 3.63) is 0 Å². The molecule has 0 fully saturated rings. The molecule has 0 spiro atoms. The van der Waals surface area contributed by atoms with E-state index >= 15 is 0 Å². The third kappa shape index (κ3) is 11.2. The second-order valence-electron chi connectivity index (χ2n) is 9.49. The highest BCUT2D eigenvalue weighted by atomic mass is 28.1. The van der Waals surface area contributed by atoms with E-state index in [9.17, 15) is 0 Å². The Hall–Kier alpha value is 0.0569. The van der Waals surface area contributed by atoms with E-state index in [4.69, 9.17) is 14.2 Å². The molecule has 0 saturated carbocycles. The van der Waals surface area contributed by atoms with Gasteiger partial charge in [0.05, 0.1) is 0 Å². The van der Waals surface area contributed by atoms with E-state index in [0.29, 0.717) is 0 Å². The first kappa shape index (κ1) is 31.1. The Morgan fingerprint density at radius 1 is 0.581 bits per heavy atom. The molecule has 1 unspecified atom stereocenters. The van der Waals surface area contributed by atoms with Crippen LogP contribution in [0.1, 0.15) is 116 Å². The van der Waals surface area contributed by atoms with Gasteiger partial charge in [-0.25, -0.2) is 0 Å². The summed E-state index contributed by atoms with van der Waals surface area (Å²) >= 11 is 0. The smallest absolute Gasteiger partial charge is 0.259 e. The molecule has 0 aliphatic heterocycles. The van der Waals surface area contributed by atoms with Crippen LogP contribution in [0.3, 0.4) is 0 Å². The molecule has 0 amide bonds. The number of ether oxygens (including phenoxy) is 3. The highest BCUT2D eigenvalue weighted by molar-refractivity contribution is 6.09. The maximum absolute atomic E-state index is 6.06. The molecule has 0 aliphatic rings. The maximum atomic E-state index is 6.06. The van der Waals surface area contributed by atoms with Gasteiger partial charge in [-0.05, 0) is 26.6 Å². The molecule has 0 rings (SSSR count). The summed E-state index contributed by atoms with van der Waals surface area (Å²) in [7, 11) is 10.3. The highest BCUT2D eigenvalue weighted by Crippen LogP contribution is 2.39. The first-order valence-corrected chi connectivity index (χ1v) is 14.7. The number of methoxy groups -OCH3 is 3. The van der Waals surface area contributed by atoms with Gasteiger partial charge >= 0.3 is 0 Å². The molecule has 0 bridgehead atoms. The number of rotatable bonds is 23. The minimum Gasteiger partial charge on any atom is -0.371 e. The van der Waals surface area contributed by atoms with Crippen LogP contribution in [0, 0.1) is 0 Å². The molecule has 0 aromatic rings. The lowest BCUT2D eigenvalue weighted by Crippen LogP contribution is -2.65. The molecule has 0 aromatic heterocycles. The maximum Gasteiger partial charge on any atom is 0.259 e. The highest BCUT2D eigenvalue weighted by Gasteiger charge is 2.54. The summed E-state index contributed by atoms with van der Waals surface area (Å²) in [5.74, 6) is -0.820. The zero-order chi connectivity index (χ0) is 23.4. The summed E-state index contributed by atoms with van der Waals surface area (Å²) in [4.78, 5) is 2.01. The van der Waals surface area contributed by atoms with E-state index in [1.54, 1.807) is 21.3 Å². The van der Waals surface area contributed by atoms with E-state index in [1.807, 2.05) is 19.0 Å². The Balaban J connectivity index is 3.86. The van der Waals surface area contributed by atoms with Crippen LogP contribution in [-0.2, 0) is 14.2 Å². The van der Waals surface area contributed by atoms with Crippen LogP contribution >= 0.6 is 0 Å². The fourth-order valence-electron chi connectivity index (χ4n) is 5.12. The Kier molecular flexibility index (Phi) is 19.6. The van der Waals surface area contributed by atoms with Crippen LogP contribution in [0.2, 0.25) is 6.04 Å². The van der Waals surface area contributed by atoms with Crippen LogP contribution in [0.5, 0.6) is 0 Å². The van der Waals surface area contributed by atoms with Crippen molar-refractivity contribution in [1.29, 1.82) is 0 Å². The lowest BCUT2D eigenvalue weighted by molar-refractivity contribution is -0.364. The van der Waals surface area contributed by atoms with Gasteiger partial charge in [-0.3, -0.25) is 4.90 Å². The molecule has 0 saturated heterocycles. The fourth-order valence-corrected chi connectivity index (χ4v) is 6.21. The number of nitrogens with zero attached hydrogens (tertiary/aromatic N) is 1. The van der Waals surface area contributed by atoms with Crippen molar-refractivity contribution in [3.63, 3.8) is 0 Å². The predicted molar refractivity (Wildman–Crippen MR) is 139 cm³/mol. The van der Waals surface area contributed by atoms with Gasteiger partial charge in [0.15, 0.2) is 0 Å². The number of hydrogen-bond donors (Lipinski definition) is 0. The van der Waals surface area contributed by atoms with E-state index in [-0.39, 0.29) is 0 Å². The standard InChI is InChI=1S/C26H57NO3Si/c1-7-8-9-10-11-12-13-14-15-16-17-18-19-20-21-22-23-25(24-31,28-4)26(29-5,30-6)27(2)3/h7-24H2,1-6,31H3. The number of hydrogen-bond acceptors (Lipinski definition) is 4. The van der Waals surface area contributed by atoms with Gasteiger partial charge in [-0.2, -0.15) is 0 Å². The molecular weight excluding hydrogens is 402 g/mol. The van der Waals surface area contributed by atoms with Crippen molar-refractivity contribution in [3.8, 4) is 0 Å². The zero-order valence-electron chi connectivity index (χ0n) is 22.4. The molecule has 31 heavy (non-hydrogen) atoms. The topological polar surface area (TPSA) is 30.9 Å². The van der Waals surface area contributed by atoms with Gasteiger partial charge in [0, 0.05) is 31.6 Å². The van der Waals surface area contributed by atoms with Crippen LogP contribution in [-0.4, -0.2) is 62.1 Å². The largest absolute Gasteiger partial charge is 0.371 e. The molecule has 4 nitrogen and oxygen atoms in total. The first-order valence-electron chi connectivity index (χ1n) is 13.3. The summed E-state index contributed by atoms with van der Waals surface area (Å²) in [5, 5.41) is 0. The average Bonchev–Trinajstić information content (AvgIpc) is 2.78. The Morgan fingerprint density at radius 2 is 0.935 bits per heavy atom. The zero-order valence-corrected chi connectivity index (χ0v) is 24.4. The molecule has 188 valence electrons. The van der Waals surface area contributed by atoms with Crippen molar-refractivity contribution in [2.24, 2.45) is 0 Å². The SMILES string of the molecule is CCCCCCCCCCCCCCCCCCC(C[SiH3])(OC)C(OC)(OC)N(C)C. The molecule has 0 aromatic carbocycles. The van der Waals surface area contributed by atoms with Crippen molar-refractivity contribution >= 4 is 10.2 Å². The Labute approximate surface area is 198 Å². The minimum absolute atomic E-state index is 0.401. The molecule has 0 heterocycles. The summed E-state index contributed by atoms with van der Waals surface area (Å²) in [6, 6.07) is 0.988. The predicted octanol–water partition coefficient (Wildman–Crippen LogP) is 6.32. The Morgan fingerprint density at radius 3 is 1.19 bits per heavy atom. The number of unbranched alkanes of at least 4 members (excludes halogenated alkanes) is 15. The molecule has 0 N–H and O–H groups in total. The van der Waals surface area contributed by atoms with Crippen molar-refractivity contribution in [2.45, 2.75) is 134 Å². The van der Waals surface area contributed by atoms with E-state index in [0.717, 1.165) is 29.1 Å². The van der Waals surface area contributed by atoms with E-state index < -0.39 is 11.5 Å². The van der Waals surface area contributed by atoms with Crippen LogP contribution in [0.15, 0.2) is 0 Å². The van der Waals surface area contributed by atoms with Crippen molar-refractivity contribution in [1.82, 2.24) is 4.90 Å². The minimum atomic E-state index is -0.820. The first-order chi connectivity index (χ1) is 15.0. The summed E-state index contributed by atoms with van der Waals surface area (Å²) in [5.41, 5.74) is -0.401. The van der Waals surface area contributed by atoms with Crippen LogP contribution in [0.25, 0.3) is 0 Å². The quantitative estimate of drug-likeness (QED) is 0.102. The molecule has 0 radical (unpaired) electrons. The lowest BCUT2D eigenvalue weighted by Gasteiger charge is -2.50. The van der Waals surface area contributed by atoms with Crippen molar-refractivity contribution in [2.75, 3.05) is 35.4 Å². The average molecular weight is 460 g/mol. The third-order valence-electron chi connectivity index (χ3n) is 7.11.